The number of hydrogen-bond donors (Lipinski definition) is 2. The molecule has 1 amide bonds. The summed E-state index contributed by atoms with van der Waals surface area (Å²) in [6.07, 6.45) is -0.837. The average molecular weight is 619 g/mol. The summed E-state index contributed by atoms with van der Waals surface area (Å²) in [5.41, 5.74) is -3.52. The number of ether oxygens (including phenoxy) is 1. The van der Waals surface area contributed by atoms with Crippen molar-refractivity contribution in [2.24, 2.45) is 5.41 Å². The summed E-state index contributed by atoms with van der Waals surface area (Å²) in [6.45, 7) is 5.25. The van der Waals surface area contributed by atoms with Gasteiger partial charge in [-0.15, -0.1) is 0 Å². The Morgan fingerprint density at radius 1 is 1.10 bits per heavy atom. The lowest BCUT2D eigenvalue weighted by molar-refractivity contribution is -0.152. The number of amides is 1. The Morgan fingerprint density at radius 2 is 1.71 bits per heavy atom. The number of nitrogens with one attached hydrogen (secondary N) is 1. The molecule has 2 N–H and O–H groups in total. The van der Waals surface area contributed by atoms with Crippen LogP contribution in [-0.2, 0) is 15.7 Å². The fraction of sp³-hybridized carbons (Fsp3) is 0.593. The van der Waals surface area contributed by atoms with Crippen molar-refractivity contribution in [3.63, 3.8) is 0 Å². The maximum atomic E-state index is 14.3. The zero-order chi connectivity index (χ0) is 30.3. The molecule has 41 heavy (non-hydrogen) atoms. The van der Waals surface area contributed by atoms with Crippen molar-refractivity contribution in [1.82, 2.24) is 20.1 Å². The second-order valence-corrected chi connectivity index (χ2v) is 12.4. The third-order valence-electron chi connectivity index (χ3n) is 8.03. The van der Waals surface area contributed by atoms with Crippen LogP contribution in [0.4, 0.5) is 13.2 Å². The molecule has 9 nitrogen and oxygen atoms in total. The summed E-state index contributed by atoms with van der Waals surface area (Å²) in [5.74, 6) is -2.59. The van der Waals surface area contributed by atoms with Crippen molar-refractivity contribution in [3.05, 3.63) is 45.5 Å². The number of carbonyl (C=O) groups is 3. The number of pyridine rings is 1. The molecule has 1 unspecified atom stereocenters. The largest absolute Gasteiger partial charge is 0.481 e. The molecule has 2 fully saturated rings. The summed E-state index contributed by atoms with van der Waals surface area (Å²) < 4.78 is 49.9. The van der Waals surface area contributed by atoms with Crippen molar-refractivity contribution in [1.29, 1.82) is 0 Å². The predicted octanol–water partition coefficient (Wildman–Crippen LogP) is 6.14. The van der Waals surface area contributed by atoms with E-state index in [0.29, 0.717) is 12.8 Å². The van der Waals surface area contributed by atoms with Gasteiger partial charge < -0.3 is 15.2 Å². The van der Waals surface area contributed by atoms with Crippen LogP contribution in [0.3, 0.4) is 0 Å². The number of Topliss-reactive ketones (excluding diaryl/α,β-unsaturated/α-hetero) is 1. The second-order valence-electron chi connectivity index (χ2n) is 11.6. The Bertz CT molecular complexity index is 1320. The van der Waals surface area contributed by atoms with Gasteiger partial charge in [0.15, 0.2) is 11.5 Å². The van der Waals surface area contributed by atoms with Crippen molar-refractivity contribution in [3.8, 4) is 0 Å². The Morgan fingerprint density at radius 3 is 2.22 bits per heavy atom. The van der Waals surface area contributed by atoms with E-state index in [9.17, 15) is 32.7 Å². The SMILES string of the molecule is CC1(C)CC[C@H](C(CC(=O)c2c(Cl)cncc2Cl)NC(=O)c2cnn(C3CCC(C)(C(=O)O)CC3)c2C(F)(F)F)O1. The highest BCUT2D eigenvalue weighted by atomic mass is 35.5. The van der Waals surface area contributed by atoms with E-state index in [1.807, 2.05) is 13.8 Å². The fourth-order valence-corrected chi connectivity index (χ4v) is 6.16. The maximum absolute atomic E-state index is 14.3. The molecule has 0 spiro atoms. The summed E-state index contributed by atoms with van der Waals surface area (Å²) in [7, 11) is 0. The minimum Gasteiger partial charge on any atom is -0.481 e. The predicted molar refractivity (Wildman–Crippen MR) is 143 cm³/mol. The van der Waals surface area contributed by atoms with Crippen LogP contribution in [0.2, 0.25) is 10.0 Å². The molecular weight excluding hydrogens is 588 g/mol. The molecule has 1 saturated carbocycles. The van der Waals surface area contributed by atoms with Crippen LogP contribution in [0.5, 0.6) is 0 Å². The van der Waals surface area contributed by atoms with Crippen molar-refractivity contribution in [2.75, 3.05) is 0 Å². The summed E-state index contributed by atoms with van der Waals surface area (Å²) in [5, 5.41) is 16.0. The van der Waals surface area contributed by atoms with Crippen LogP contribution in [0, 0.1) is 5.41 Å². The molecule has 0 aromatic carbocycles. The van der Waals surface area contributed by atoms with Crippen LogP contribution in [-0.4, -0.2) is 55.3 Å². The van der Waals surface area contributed by atoms with Gasteiger partial charge in [0.05, 0.1) is 56.6 Å². The van der Waals surface area contributed by atoms with E-state index >= 15 is 0 Å². The van der Waals surface area contributed by atoms with E-state index in [0.717, 1.165) is 10.9 Å². The number of carboxylic acid groups (broad SMARTS) is 1. The number of rotatable bonds is 8. The highest BCUT2D eigenvalue weighted by Crippen LogP contribution is 2.43. The molecule has 14 heteroatoms. The van der Waals surface area contributed by atoms with Gasteiger partial charge in [-0.2, -0.15) is 18.3 Å². The number of halogens is 5. The van der Waals surface area contributed by atoms with Crippen molar-refractivity contribution >= 4 is 40.9 Å². The minimum atomic E-state index is -4.92. The van der Waals surface area contributed by atoms with Gasteiger partial charge in [-0.1, -0.05) is 23.2 Å². The first-order valence-electron chi connectivity index (χ1n) is 13.2. The van der Waals surface area contributed by atoms with Crippen LogP contribution < -0.4 is 5.32 Å². The van der Waals surface area contributed by atoms with Gasteiger partial charge in [0, 0.05) is 18.8 Å². The third-order valence-corrected chi connectivity index (χ3v) is 8.61. The molecule has 1 saturated heterocycles. The van der Waals surface area contributed by atoms with Crippen LogP contribution >= 0.6 is 23.2 Å². The number of hydrogen-bond acceptors (Lipinski definition) is 6. The van der Waals surface area contributed by atoms with Crippen LogP contribution in [0.15, 0.2) is 18.6 Å². The Kier molecular flexibility index (Phi) is 8.78. The second kappa shape index (κ2) is 11.5. The zero-order valence-corrected chi connectivity index (χ0v) is 24.2. The summed E-state index contributed by atoms with van der Waals surface area (Å²) in [4.78, 5) is 42.1. The van der Waals surface area contributed by atoms with E-state index in [-0.39, 0.29) is 47.7 Å². The summed E-state index contributed by atoms with van der Waals surface area (Å²) in [6, 6.07) is -1.72. The lowest BCUT2D eigenvalue weighted by Crippen LogP contribution is -2.45. The molecule has 2 aromatic rings. The van der Waals surface area contributed by atoms with E-state index in [1.165, 1.54) is 12.4 Å². The van der Waals surface area contributed by atoms with Crippen molar-refractivity contribution in [2.45, 2.75) is 95.7 Å². The zero-order valence-electron chi connectivity index (χ0n) is 22.7. The molecule has 2 aromatic heterocycles. The first kappa shape index (κ1) is 31.2. The number of nitrogens with zero attached hydrogens (tertiary/aromatic N) is 3. The fourth-order valence-electron chi connectivity index (χ4n) is 5.59. The van der Waals surface area contributed by atoms with Gasteiger partial charge >= 0.3 is 12.1 Å². The molecule has 4 rings (SSSR count). The maximum Gasteiger partial charge on any atom is 0.433 e. The van der Waals surface area contributed by atoms with Gasteiger partial charge in [-0.05, 0) is 59.3 Å². The monoisotopic (exact) mass is 618 g/mol. The van der Waals surface area contributed by atoms with Gasteiger partial charge in [0.1, 0.15) is 0 Å². The lowest BCUT2D eigenvalue weighted by Gasteiger charge is -2.34. The molecule has 0 bridgehead atoms. The van der Waals surface area contributed by atoms with Gasteiger partial charge in [0.2, 0.25) is 0 Å². The number of alkyl halides is 3. The van der Waals surface area contributed by atoms with E-state index in [1.54, 1.807) is 6.92 Å². The smallest absolute Gasteiger partial charge is 0.433 e. The van der Waals surface area contributed by atoms with Gasteiger partial charge in [-0.25, -0.2) is 0 Å². The van der Waals surface area contributed by atoms with Gasteiger partial charge in [0.25, 0.3) is 5.91 Å². The third kappa shape index (κ3) is 6.70. The van der Waals surface area contributed by atoms with E-state index in [2.05, 4.69) is 15.4 Å². The number of carbonyl (C=O) groups excluding carboxylic acids is 2. The standard InChI is InChI=1S/C27H31Cl2F3N4O5/c1-25(2)7-6-20(41-25)18(10-19(37)21-16(28)12-33-13-17(21)29)35-23(38)15-11-34-36(22(15)27(30,31)32)14-4-8-26(3,9-5-14)24(39)40/h11-14,18,20H,4-10H2,1-3H3,(H,35,38)(H,39,40)/t14?,18?,20-,26?/m1/s1. The van der Waals surface area contributed by atoms with Gasteiger partial charge in [-0.3, -0.25) is 24.0 Å². The Labute approximate surface area is 244 Å². The Hall–Kier alpha value is -2.70. The number of aromatic nitrogens is 3. The van der Waals surface area contributed by atoms with Crippen molar-refractivity contribution < 1.29 is 37.4 Å². The highest BCUT2D eigenvalue weighted by molar-refractivity contribution is 6.39. The molecule has 3 heterocycles. The minimum absolute atomic E-state index is 0.00528. The highest BCUT2D eigenvalue weighted by Gasteiger charge is 2.45. The number of ketones is 1. The van der Waals surface area contributed by atoms with E-state index in [4.69, 9.17) is 27.9 Å². The normalized spacial score (nSPS) is 25.1. The molecule has 1 aliphatic carbocycles. The molecular formula is C27H31Cl2F3N4O5. The number of aliphatic carboxylic acids is 1. The molecule has 2 atom stereocenters. The quantitative estimate of drug-likeness (QED) is 0.341. The van der Waals surface area contributed by atoms with Crippen LogP contribution in [0.25, 0.3) is 0 Å². The molecule has 224 valence electrons. The van der Waals surface area contributed by atoms with E-state index < -0.39 is 64.3 Å². The molecule has 0 radical (unpaired) electrons. The molecule has 2 aliphatic rings. The Balaban J connectivity index is 1.62. The summed E-state index contributed by atoms with van der Waals surface area (Å²) >= 11 is 12.3. The topological polar surface area (TPSA) is 123 Å². The lowest BCUT2D eigenvalue weighted by atomic mass is 9.74. The first-order valence-corrected chi connectivity index (χ1v) is 14.0. The molecule has 1 aliphatic heterocycles. The number of carboxylic acids is 1. The van der Waals surface area contributed by atoms with Crippen LogP contribution in [0.1, 0.15) is 98.2 Å². The first-order chi connectivity index (χ1) is 19.0. The average Bonchev–Trinajstić information content (AvgIpc) is 3.47.